The molecule has 2 aromatic rings. The van der Waals surface area contributed by atoms with E-state index >= 15 is 0 Å². The molecule has 164 valence electrons. The first-order valence-electron chi connectivity index (χ1n) is 10.5. The van der Waals surface area contributed by atoms with Gasteiger partial charge < -0.3 is 10.2 Å². The lowest BCUT2D eigenvalue weighted by molar-refractivity contribution is -0.137. The molecule has 1 aliphatic heterocycles. The normalized spacial score (nSPS) is 17.4. The lowest BCUT2D eigenvalue weighted by atomic mass is 10.1. The van der Waals surface area contributed by atoms with Crippen LogP contribution in [0.1, 0.15) is 47.1 Å². The summed E-state index contributed by atoms with van der Waals surface area (Å²) >= 11 is 0. The lowest BCUT2D eigenvalue weighted by Gasteiger charge is -2.16. The Labute approximate surface area is 175 Å². The molecule has 1 amide bonds. The number of hydrogen-bond donors (Lipinski definition) is 1. The number of aryl methyl sites for hydroxylation is 2. The van der Waals surface area contributed by atoms with Crippen LogP contribution in [0.15, 0.2) is 30.3 Å². The van der Waals surface area contributed by atoms with E-state index in [0.29, 0.717) is 24.6 Å². The van der Waals surface area contributed by atoms with Gasteiger partial charge in [-0.05, 0) is 55.5 Å². The number of carbonyl (C=O) groups excluding carboxylic acids is 1. The van der Waals surface area contributed by atoms with Gasteiger partial charge in [0.15, 0.2) is 0 Å². The number of carbonyl (C=O) groups is 1. The summed E-state index contributed by atoms with van der Waals surface area (Å²) in [4.78, 5) is 14.8. The highest BCUT2D eigenvalue weighted by Gasteiger charge is 2.30. The van der Waals surface area contributed by atoms with Crippen molar-refractivity contribution in [3.05, 3.63) is 52.8 Å². The first-order valence-corrected chi connectivity index (χ1v) is 10.5. The predicted molar refractivity (Wildman–Crippen MR) is 109 cm³/mol. The van der Waals surface area contributed by atoms with Gasteiger partial charge in [0.1, 0.15) is 5.69 Å². The molecule has 1 aromatic carbocycles. The van der Waals surface area contributed by atoms with Crippen molar-refractivity contribution in [2.75, 3.05) is 26.2 Å². The van der Waals surface area contributed by atoms with E-state index in [1.54, 1.807) is 23.9 Å². The van der Waals surface area contributed by atoms with E-state index in [-0.39, 0.29) is 5.91 Å². The second kappa shape index (κ2) is 9.64. The molecule has 0 aliphatic carbocycles. The Morgan fingerprint density at radius 2 is 1.97 bits per heavy atom. The van der Waals surface area contributed by atoms with Crippen LogP contribution in [0.3, 0.4) is 0 Å². The smallest absolute Gasteiger partial charge is 0.350 e. The van der Waals surface area contributed by atoms with Gasteiger partial charge in [-0.25, -0.2) is 0 Å². The van der Waals surface area contributed by atoms with E-state index in [0.717, 1.165) is 62.3 Å². The van der Waals surface area contributed by atoms with Crippen molar-refractivity contribution in [3.8, 4) is 0 Å². The van der Waals surface area contributed by atoms with E-state index in [1.807, 2.05) is 6.07 Å². The van der Waals surface area contributed by atoms with Gasteiger partial charge >= 0.3 is 6.18 Å². The van der Waals surface area contributed by atoms with Crippen molar-refractivity contribution in [1.29, 1.82) is 0 Å². The summed E-state index contributed by atoms with van der Waals surface area (Å²) < 4.78 is 39.6. The molecule has 1 N–H and O–H groups in total. The van der Waals surface area contributed by atoms with Crippen molar-refractivity contribution in [2.24, 2.45) is 13.0 Å². The maximum absolute atomic E-state index is 12.6. The van der Waals surface area contributed by atoms with Crippen LogP contribution in [0.25, 0.3) is 0 Å². The second-order valence-corrected chi connectivity index (χ2v) is 8.00. The Morgan fingerprint density at radius 1 is 1.23 bits per heavy atom. The summed E-state index contributed by atoms with van der Waals surface area (Å²) in [7, 11) is 1.78. The number of nitrogens with one attached hydrogen (secondary N) is 1. The highest BCUT2D eigenvalue weighted by Crippen LogP contribution is 2.29. The molecule has 1 aliphatic rings. The molecule has 30 heavy (non-hydrogen) atoms. The Hall–Kier alpha value is -2.35. The molecule has 0 saturated carbocycles. The van der Waals surface area contributed by atoms with Crippen LogP contribution < -0.4 is 5.32 Å². The number of likely N-dealkylation sites (tertiary alicyclic amines) is 1. The van der Waals surface area contributed by atoms with Crippen molar-refractivity contribution in [1.82, 2.24) is 20.0 Å². The minimum Gasteiger partial charge on any atom is -0.350 e. The van der Waals surface area contributed by atoms with E-state index in [4.69, 9.17) is 0 Å². The van der Waals surface area contributed by atoms with Gasteiger partial charge in [0.2, 0.25) is 0 Å². The average molecular weight is 422 g/mol. The van der Waals surface area contributed by atoms with Gasteiger partial charge in [-0.15, -0.1) is 0 Å². The molecular formula is C22H29F3N4O. The minimum atomic E-state index is -4.29. The average Bonchev–Trinajstić information content (AvgIpc) is 3.31. The number of hydrogen-bond acceptors (Lipinski definition) is 3. The fourth-order valence-electron chi connectivity index (χ4n) is 3.88. The Bertz CT molecular complexity index is 845. The van der Waals surface area contributed by atoms with Crippen LogP contribution in [0.4, 0.5) is 13.2 Å². The van der Waals surface area contributed by atoms with Crippen molar-refractivity contribution in [2.45, 2.75) is 38.8 Å². The van der Waals surface area contributed by atoms with Gasteiger partial charge in [-0.1, -0.05) is 25.5 Å². The third kappa shape index (κ3) is 5.84. The number of nitrogens with zero attached hydrogens (tertiary/aromatic N) is 3. The molecular weight excluding hydrogens is 393 g/mol. The first-order chi connectivity index (χ1) is 14.3. The molecule has 0 unspecified atom stereocenters. The fraction of sp³-hybridized carbons (Fsp3) is 0.545. The topological polar surface area (TPSA) is 50.2 Å². The molecule has 1 saturated heterocycles. The zero-order chi connectivity index (χ0) is 21.7. The molecule has 1 fully saturated rings. The molecule has 1 aromatic heterocycles. The summed E-state index contributed by atoms with van der Waals surface area (Å²) in [6.07, 6.45) is -0.732. The van der Waals surface area contributed by atoms with E-state index in [9.17, 15) is 18.0 Å². The largest absolute Gasteiger partial charge is 0.416 e. The van der Waals surface area contributed by atoms with Crippen molar-refractivity contribution in [3.63, 3.8) is 0 Å². The van der Waals surface area contributed by atoms with Crippen LogP contribution in [-0.2, 0) is 26.1 Å². The minimum absolute atomic E-state index is 0.101. The van der Waals surface area contributed by atoms with Crippen LogP contribution in [0.5, 0.6) is 0 Å². The number of benzene rings is 1. The van der Waals surface area contributed by atoms with Crippen LogP contribution in [-0.4, -0.2) is 46.8 Å². The monoisotopic (exact) mass is 422 g/mol. The summed E-state index contributed by atoms with van der Waals surface area (Å²) in [5.74, 6) is 0.278. The predicted octanol–water partition coefficient (Wildman–Crippen LogP) is 3.69. The van der Waals surface area contributed by atoms with Gasteiger partial charge in [0.25, 0.3) is 5.91 Å². The van der Waals surface area contributed by atoms with Gasteiger partial charge in [0.05, 0.1) is 11.3 Å². The SMILES string of the molecule is CCCc1cc(C(=O)NC[C@H]2CCN(CCc3ccc(C(F)(F)F)cc3)C2)n(C)n1. The van der Waals surface area contributed by atoms with Crippen LogP contribution in [0, 0.1) is 5.92 Å². The molecule has 3 rings (SSSR count). The lowest BCUT2D eigenvalue weighted by Crippen LogP contribution is -2.32. The molecule has 8 heteroatoms. The third-order valence-electron chi connectivity index (χ3n) is 5.59. The van der Waals surface area contributed by atoms with Gasteiger partial charge in [0, 0.05) is 26.7 Å². The summed E-state index contributed by atoms with van der Waals surface area (Å²) in [5, 5.41) is 7.39. The summed E-state index contributed by atoms with van der Waals surface area (Å²) in [5.41, 5.74) is 1.80. The highest BCUT2D eigenvalue weighted by atomic mass is 19.4. The molecule has 0 radical (unpaired) electrons. The van der Waals surface area contributed by atoms with Crippen LogP contribution >= 0.6 is 0 Å². The zero-order valence-electron chi connectivity index (χ0n) is 17.5. The maximum Gasteiger partial charge on any atom is 0.416 e. The molecule has 0 bridgehead atoms. The van der Waals surface area contributed by atoms with E-state index in [1.165, 1.54) is 0 Å². The fourth-order valence-corrected chi connectivity index (χ4v) is 3.88. The van der Waals surface area contributed by atoms with Gasteiger partial charge in [-0.2, -0.15) is 18.3 Å². The second-order valence-electron chi connectivity index (χ2n) is 8.00. The van der Waals surface area contributed by atoms with E-state index in [2.05, 4.69) is 22.2 Å². The number of aromatic nitrogens is 2. The maximum atomic E-state index is 12.6. The quantitative estimate of drug-likeness (QED) is 0.706. The molecule has 5 nitrogen and oxygen atoms in total. The Kier molecular flexibility index (Phi) is 7.18. The van der Waals surface area contributed by atoms with Crippen LogP contribution in [0.2, 0.25) is 0 Å². The number of amides is 1. The summed E-state index contributed by atoms with van der Waals surface area (Å²) in [6, 6.07) is 7.24. The Balaban J connectivity index is 1.42. The zero-order valence-corrected chi connectivity index (χ0v) is 17.5. The van der Waals surface area contributed by atoms with E-state index < -0.39 is 11.7 Å². The molecule has 2 heterocycles. The summed E-state index contributed by atoms with van der Waals surface area (Å²) in [6.45, 7) is 5.32. The standard InChI is InChI=1S/C22H29F3N4O/c1-3-4-19-13-20(28(2)27-19)21(30)26-14-17-10-12-29(15-17)11-9-16-5-7-18(8-6-16)22(23,24)25/h5-8,13,17H,3-4,9-12,14-15H2,1-2H3,(H,26,30)/t17-/m1/s1. The number of halogens is 3. The highest BCUT2D eigenvalue weighted by molar-refractivity contribution is 5.92. The Morgan fingerprint density at radius 3 is 2.63 bits per heavy atom. The van der Waals surface area contributed by atoms with Crippen molar-refractivity contribution < 1.29 is 18.0 Å². The number of alkyl halides is 3. The molecule has 1 atom stereocenters. The third-order valence-corrected chi connectivity index (χ3v) is 5.59. The number of rotatable bonds is 8. The van der Waals surface area contributed by atoms with Gasteiger partial charge in [-0.3, -0.25) is 9.48 Å². The molecule has 0 spiro atoms. The van der Waals surface area contributed by atoms with Crippen molar-refractivity contribution >= 4 is 5.91 Å². The first kappa shape index (κ1) is 22.3.